The zero-order valence-electron chi connectivity index (χ0n) is 15.3. The molecule has 1 aromatic carbocycles. The van der Waals surface area contributed by atoms with Crippen molar-refractivity contribution in [1.82, 2.24) is 5.32 Å². The van der Waals surface area contributed by atoms with Gasteiger partial charge in [-0.3, -0.25) is 0 Å². The summed E-state index contributed by atoms with van der Waals surface area (Å²) in [7, 11) is 0. The van der Waals surface area contributed by atoms with Gasteiger partial charge in [0, 0.05) is 11.7 Å². The van der Waals surface area contributed by atoms with Gasteiger partial charge in [-0.1, -0.05) is 58.7 Å². The molecule has 1 aromatic rings. The van der Waals surface area contributed by atoms with E-state index in [2.05, 4.69) is 63.5 Å². The van der Waals surface area contributed by atoms with Gasteiger partial charge in [-0.2, -0.15) is 0 Å². The molecule has 0 heterocycles. The molecule has 1 fully saturated rings. The second-order valence-electron chi connectivity index (χ2n) is 7.55. The lowest BCUT2D eigenvalue weighted by Crippen LogP contribution is -2.40. The summed E-state index contributed by atoms with van der Waals surface area (Å²) in [6, 6.07) is 7.03. The molecule has 1 atom stereocenters. The summed E-state index contributed by atoms with van der Waals surface area (Å²) in [6.07, 6.45) is 5.39. The predicted octanol–water partition coefficient (Wildman–Crippen LogP) is 5.80. The second kappa shape index (κ2) is 8.14. The van der Waals surface area contributed by atoms with E-state index < -0.39 is 0 Å². The van der Waals surface area contributed by atoms with E-state index in [1.54, 1.807) is 0 Å². The van der Waals surface area contributed by atoms with Crippen LogP contribution >= 0.6 is 12.2 Å². The van der Waals surface area contributed by atoms with Crippen molar-refractivity contribution in [2.45, 2.75) is 78.2 Å². The van der Waals surface area contributed by atoms with Gasteiger partial charge in [0.1, 0.15) is 0 Å². The first kappa shape index (κ1) is 18.3. The minimum atomic E-state index is 0.450. The van der Waals surface area contributed by atoms with Crippen LogP contribution in [0.15, 0.2) is 18.2 Å². The van der Waals surface area contributed by atoms with E-state index in [9.17, 15) is 0 Å². The van der Waals surface area contributed by atoms with Crippen molar-refractivity contribution in [3.05, 3.63) is 29.3 Å². The van der Waals surface area contributed by atoms with Crippen molar-refractivity contribution in [3.8, 4) is 0 Å². The van der Waals surface area contributed by atoms with E-state index in [1.165, 1.54) is 42.5 Å². The fourth-order valence-electron chi connectivity index (χ4n) is 3.63. The third-order valence-electron chi connectivity index (χ3n) is 5.08. The van der Waals surface area contributed by atoms with Crippen molar-refractivity contribution in [2.75, 3.05) is 5.32 Å². The lowest BCUT2D eigenvalue weighted by molar-refractivity contribution is 0.428. The van der Waals surface area contributed by atoms with Gasteiger partial charge in [-0.05, 0) is 60.9 Å². The minimum Gasteiger partial charge on any atom is -0.360 e. The van der Waals surface area contributed by atoms with E-state index in [4.69, 9.17) is 12.2 Å². The fraction of sp³-hybridized carbons (Fsp3) is 0.650. The van der Waals surface area contributed by atoms with Crippen LogP contribution in [0.1, 0.15) is 83.3 Å². The smallest absolute Gasteiger partial charge is 0.171 e. The highest BCUT2D eigenvalue weighted by Gasteiger charge is 2.22. The van der Waals surface area contributed by atoms with Crippen LogP contribution in [-0.2, 0) is 0 Å². The molecule has 0 aromatic heterocycles. The molecular formula is C20H32N2S. The molecule has 2 rings (SSSR count). The quantitative estimate of drug-likeness (QED) is 0.666. The minimum absolute atomic E-state index is 0.450. The molecule has 0 saturated heterocycles. The van der Waals surface area contributed by atoms with Crippen LogP contribution in [-0.4, -0.2) is 11.2 Å². The molecule has 0 bridgehead atoms. The topological polar surface area (TPSA) is 24.1 Å². The maximum absolute atomic E-state index is 5.62. The molecular weight excluding hydrogens is 300 g/mol. The van der Waals surface area contributed by atoms with Crippen LogP contribution in [0.5, 0.6) is 0 Å². The molecule has 3 heteroatoms. The maximum atomic E-state index is 5.62. The molecule has 23 heavy (non-hydrogen) atoms. The van der Waals surface area contributed by atoms with E-state index in [0.29, 0.717) is 17.9 Å². The number of hydrogen-bond acceptors (Lipinski definition) is 1. The van der Waals surface area contributed by atoms with Gasteiger partial charge >= 0.3 is 0 Å². The maximum Gasteiger partial charge on any atom is 0.171 e. The van der Waals surface area contributed by atoms with Crippen LogP contribution in [0.25, 0.3) is 0 Å². The van der Waals surface area contributed by atoms with E-state index in [-0.39, 0.29) is 0 Å². The van der Waals surface area contributed by atoms with Gasteiger partial charge in [0.15, 0.2) is 5.11 Å². The fourth-order valence-corrected chi connectivity index (χ4v) is 3.91. The lowest BCUT2D eigenvalue weighted by atomic mass is 9.93. The lowest BCUT2D eigenvalue weighted by Gasteiger charge is -2.25. The normalized spacial score (nSPS) is 16.8. The first-order valence-corrected chi connectivity index (χ1v) is 9.51. The average molecular weight is 333 g/mol. The Morgan fingerprint density at radius 2 is 1.52 bits per heavy atom. The van der Waals surface area contributed by atoms with Crippen molar-refractivity contribution < 1.29 is 0 Å². The number of thiocarbonyl (C=S) groups is 1. The third kappa shape index (κ3) is 4.69. The van der Waals surface area contributed by atoms with Crippen LogP contribution in [0.2, 0.25) is 0 Å². The van der Waals surface area contributed by atoms with Gasteiger partial charge < -0.3 is 10.6 Å². The highest BCUT2D eigenvalue weighted by atomic mass is 32.1. The van der Waals surface area contributed by atoms with Crippen molar-refractivity contribution in [2.24, 2.45) is 5.92 Å². The molecule has 2 N–H and O–H groups in total. The Labute approximate surface area is 147 Å². The van der Waals surface area contributed by atoms with Crippen LogP contribution in [0, 0.1) is 5.92 Å². The molecule has 0 aliphatic heterocycles. The van der Waals surface area contributed by atoms with E-state index >= 15 is 0 Å². The Balaban J connectivity index is 2.12. The summed E-state index contributed by atoms with van der Waals surface area (Å²) < 4.78 is 0. The number of hydrogen-bond donors (Lipinski definition) is 2. The summed E-state index contributed by atoms with van der Waals surface area (Å²) in [5.41, 5.74) is 3.89. The van der Waals surface area contributed by atoms with Crippen LogP contribution in [0.3, 0.4) is 0 Å². The Morgan fingerprint density at radius 3 is 2.00 bits per heavy atom. The summed E-state index contributed by atoms with van der Waals surface area (Å²) in [5, 5.41) is 7.80. The van der Waals surface area contributed by atoms with Gasteiger partial charge in [-0.25, -0.2) is 0 Å². The Morgan fingerprint density at radius 1 is 1.00 bits per heavy atom. The zero-order chi connectivity index (χ0) is 17.0. The molecule has 0 spiro atoms. The Bertz CT molecular complexity index is 504. The van der Waals surface area contributed by atoms with Gasteiger partial charge in [0.05, 0.1) is 0 Å². The van der Waals surface area contributed by atoms with E-state index in [1.807, 2.05) is 0 Å². The largest absolute Gasteiger partial charge is 0.360 e. The monoisotopic (exact) mass is 332 g/mol. The third-order valence-corrected chi connectivity index (χ3v) is 5.30. The molecule has 1 unspecified atom stereocenters. The van der Waals surface area contributed by atoms with Crippen molar-refractivity contribution in [3.63, 3.8) is 0 Å². The molecule has 1 saturated carbocycles. The molecule has 1 aliphatic carbocycles. The second-order valence-corrected chi connectivity index (χ2v) is 7.96. The van der Waals surface area contributed by atoms with Crippen LogP contribution < -0.4 is 10.6 Å². The Hall–Kier alpha value is -1.09. The van der Waals surface area contributed by atoms with E-state index in [0.717, 1.165) is 11.0 Å². The molecule has 128 valence electrons. The SMILES string of the molecule is CC(C)c1cccc(C(C)C)c1NC(=S)NC(C)C1CCCC1. The highest BCUT2D eigenvalue weighted by Crippen LogP contribution is 2.32. The first-order chi connectivity index (χ1) is 10.9. The standard InChI is InChI=1S/C20H32N2S/c1-13(2)17-11-8-12-18(14(3)4)19(17)22-20(23)21-15(5)16-9-6-7-10-16/h8,11-16H,6-7,9-10H2,1-5H3,(H2,21,22,23). The van der Waals surface area contributed by atoms with Crippen molar-refractivity contribution in [1.29, 1.82) is 0 Å². The summed E-state index contributed by atoms with van der Waals surface area (Å²) in [5.74, 6) is 1.72. The summed E-state index contributed by atoms with van der Waals surface area (Å²) in [6.45, 7) is 11.2. The highest BCUT2D eigenvalue weighted by molar-refractivity contribution is 7.80. The van der Waals surface area contributed by atoms with Gasteiger partial charge in [0.2, 0.25) is 0 Å². The molecule has 1 aliphatic rings. The number of rotatable bonds is 5. The van der Waals surface area contributed by atoms with Gasteiger partial charge in [0.25, 0.3) is 0 Å². The predicted molar refractivity (Wildman–Crippen MR) is 105 cm³/mol. The van der Waals surface area contributed by atoms with Crippen molar-refractivity contribution >= 4 is 23.0 Å². The van der Waals surface area contributed by atoms with Gasteiger partial charge in [-0.15, -0.1) is 0 Å². The average Bonchev–Trinajstić information content (AvgIpc) is 3.01. The van der Waals surface area contributed by atoms with Crippen LogP contribution in [0.4, 0.5) is 5.69 Å². The molecule has 0 amide bonds. The zero-order valence-corrected chi connectivity index (χ0v) is 16.1. The number of anilines is 1. The summed E-state index contributed by atoms with van der Waals surface area (Å²) >= 11 is 5.62. The molecule has 2 nitrogen and oxygen atoms in total. The Kier molecular flexibility index (Phi) is 6.46. The first-order valence-electron chi connectivity index (χ1n) is 9.10. The summed E-state index contributed by atoms with van der Waals surface area (Å²) in [4.78, 5) is 0. The number of nitrogens with one attached hydrogen (secondary N) is 2. The number of para-hydroxylation sites is 1. The number of benzene rings is 1. The molecule has 0 radical (unpaired) electrons.